The summed E-state index contributed by atoms with van der Waals surface area (Å²) in [6.45, 7) is 6.53. The molecule has 0 bridgehead atoms. The molecule has 0 spiro atoms. The molecule has 4 heterocycles. The van der Waals surface area contributed by atoms with E-state index in [1.54, 1.807) is 0 Å². The fourth-order valence-electron chi connectivity index (χ4n) is 4.17. The SMILES string of the molecule is Cn1c(CN2CCCC2)nnc1C1CCCN(Cc2cccnc2)C1. The molecule has 2 aromatic heterocycles. The number of aromatic nitrogens is 4. The minimum absolute atomic E-state index is 0.482. The van der Waals surface area contributed by atoms with E-state index in [0.717, 1.165) is 37.8 Å². The van der Waals surface area contributed by atoms with Crippen LogP contribution in [-0.2, 0) is 20.1 Å². The van der Waals surface area contributed by atoms with Crippen molar-refractivity contribution < 1.29 is 0 Å². The van der Waals surface area contributed by atoms with Crippen LogP contribution in [0.15, 0.2) is 24.5 Å². The predicted octanol–water partition coefficient (Wildman–Crippen LogP) is 2.19. The topological polar surface area (TPSA) is 50.1 Å². The van der Waals surface area contributed by atoms with Crippen LogP contribution >= 0.6 is 0 Å². The molecular weight excluding hydrogens is 312 g/mol. The van der Waals surface area contributed by atoms with Crippen LogP contribution in [0.4, 0.5) is 0 Å². The molecule has 0 aromatic carbocycles. The van der Waals surface area contributed by atoms with Crippen molar-refractivity contribution in [2.24, 2.45) is 7.05 Å². The van der Waals surface area contributed by atoms with Crippen LogP contribution in [-0.4, -0.2) is 55.7 Å². The second kappa shape index (κ2) is 7.62. The van der Waals surface area contributed by atoms with Crippen molar-refractivity contribution >= 4 is 0 Å². The molecule has 1 unspecified atom stereocenters. The lowest BCUT2D eigenvalue weighted by Gasteiger charge is -2.32. The number of hydrogen-bond donors (Lipinski definition) is 0. The van der Waals surface area contributed by atoms with Gasteiger partial charge in [-0.15, -0.1) is 10.2 Å². The predicted molar refractivity (Wildman–Crippen MR) is 97.0 cm³/mol. The van der Waals surface area contributed by atoms with Gasteiger partial charge in [0.05, 0.1) is 6.54 Å². The average molecular weight is 340 g/mol. The van der Waals surface area contributed by atoms with Crippen LogP contribution in [0, 0.1) is 0 Å². The van der Waals surface area contributed by atoms with Gasteiger partial charge in [-0.25, -0.2) is 0 Å². The number of likely N-dealkylation sites (tertiary alicyclic amines) is 2. The van der Waals surface area contributed by atoms with Crippen molar-refractivity contribution in [3.63, 3.8) is 0 Å². The molecule has 2 fully saturated rings. The highest BCUT2D eigenvalue weighted by molar-refractivity contribution is 5.09. The summed E-state index contributed by atoms with van der Waals surface area (Å²) < 4.78 is 2.25. The summed E-state index contributed by atoms with van der Waals surface area (Å²) in [5, 5.41) is 9.08. The van der Waals surface area contributed by atoms with Crippen molar-refractivity contribution in [2.45, 2.75) is 44.7 Å². The highest BCUT2D eigenvalue weighted by atomic mass is 15.3. The van der Waals surface area contributed by atoms with Gasteiger partial charge >= 0.3 is 0 Å². The lowest BCUT2D eigenvalue weighted by molar-refractivity contribution is 0.194. The molecule has 6 nitrogen and oxygen atoms in total. The van der Waals surface area contributed by atoms with Crippen LogP contribution < -0.4 is 0 Å². The zero-order chi connectivity index (χ0) is 17.1. The first kappa shape index (κ1) is 16.7. The number of nitrogens with zero attached hydrogens (tertiary/aromatic N) is 6. The van der Waals surface area contributed by atoms with Crippen LogP contribution in [0.2, 0.25) is 0 Å². The van der Waals surface area contributed by atoms with E-state index >= 15 is 0 Å². The van der Waals surface area contributed by atoms with Crippen molar-refractivity contribution in [1.82, 2.24) is 29.5 Å². The van der Waals surface area contributed by atoms with Gasteiger partial charge in [0.2, 0.25) is 0 Å². The number of hydrogen-bond acceptors (Lipinski definition) is 5. The Kier molecular flexibility index (Phi) is 5.08. The molecule has 134 valence electrons. The highest BCUT2D eigenvalue weighted by Crippen LogP contribution is 2.27. The summed E-state index contributed by atoms with van der Waals surface area (Å²) in [4.78, 5) is 9.25. The summed E-state index contributed by atoms with van der Waals surface area (Å²) in [6.07, 6.45) is 8.87. The fourth-order valence-corrected chi connectivity index (χ4v) is 4.17. The van der Waals surface area contributed by atoms with E-state index in [1.807, 2.05) is 18.5 Å². The Morgan fingerprint density at radius 2 is 1.88 bits per heavy atom. The maximum absolute atomic E-state index is 4.57. The Hall–Kier alpha value is -1.79. The smallest absolute Gasteiger partial charge is 0.146 e. The third-order valence-electron chi connectivity index (χ3n) is 5.56. The van der Waals surface area contributed by atoms with Gasteiger partial charge in [0, 0.05) is 38.4 Å². The van der Waals surface area contributed by atoms with Crippen molar-refractivity contribution in [3.8, 4) is 0 Å². The molecule has 0 amide bonds. The number of rotatable bonds is 5. The largest absolute Gasteiger partial charge is 0.317 e. The molecule has 0 N–H and O–H groups in total. The van der Waals surface area contributed by atoms with E-state index in [-0.39, 0.29) is 0 Å². The van der Waals surface area contributed by atoms with Gasteiger partial charge in [-0.1, -0.05) is 6.07 Å². The molecule has 1 atom stereocenters. The van der Waals surface area contributed by atoms with E-state index in [0.29, 0.717) is 5.92 Å². The van der Waals surface area contributed by atoms with Crippen LogP contribution in [0.3, 0.4) is 0 Å². The Morgan fingerprint density at radius 3 is 2.68 bits per heavy atom. The number of pyridine rings is 1. The lowest BCUT2D eigenvalue weighted by atomic mass is 9.97. The second-order valence-electron chi connectivity index (χ2n) is 7.45. The minimum Gasteiger partial charge on any atom is -0.317 e. The van der Waals surface area contributed by atoms with Gasteiger partial charge in [0.1, 0.15) is 11.6 Å². The Morgan fingerprint density at radius 1 is 1.04 bits per heavy atom. The van der Waals surface area contributed by atoms with Gasteiger partial charge in [0.25, 0.3) is 0 Å². The Bertz CT molecular complexity index is 676. The zero-order valence-electron chi connectivity index (χ0n) is 15.1. The molecule has 0 aliphatic carbocycles. The van der Waals surface area contributed by atoms with Gasteiger partial charge in [0.15, 0.2) is 0 Å². The summed E-state index contributed by atoms with van der Waals surface area (Å²) in [5.74, 6) is 2.75. The first-order chi connectivity index (χ1) is 12.3. The van der Waals surface area contributed by atoms with E-state index in [4.69, 9.17) is 0 Å². The number of piperidine rings is 1. The maximum atomic E-state index is 4.57. The molecule has 4 rings (SSSR count). The molecule has 2 aliphatic rings. The summed E-state index contributed by atoms with van der Waals surface area (Å²) in [7, 11) is 2.14. The lowest BCUT2D eigenvalue weighted by Crippen LogP contribution is -2.35. The van der Waals surface area contributed by atoms with Crippen LogP contribution in [0.1, 0.15) is 48.8 Å². The molecule has 2 saturated heterocycles. The third kappa shape index (κ3) is 3.90. The first-order valence-electron chi connectivity index (χ1n) is 9.51. The van der Waals surface area contributed by atoms with E-state index in [1.165, 1.54) is 44.3 Å². The highest BCUT2D eigenvalue weighted by Gasteiger charge is 2.26. The monoisotopic (exact) mass is 340 g/mol. The summed E-state index contributed by atoms with van der Waals surface area (Å²) in [5.41, 5.74) is 1.29. The van der Waals surface area contributed by atoms with Gasteiger partial charge < -0.3 is 4.57 Å². The Balaban J connectivity index is 1.41. The maximum Gasteiger partial charge on any atom is 0.146 e. The van der Waals surface area contributed by atoms with Gasteiger partial charge in [-0.3, -0.25) is 14.8 Å². The first-order valence-corrected chi connectivity index (χ1v) is 9.51. The standard InChI is InChI=1S/C19H28N6/c1-23-18(15-24-9-2-3-10-24)21-22-19(23)17-7-5-11-25(14-17)13-16-6-4-8-20-12-16/h4,6,8,12,17H,2-3,5,7,9-11,13-15H2,1H3. The molecular formula is C19H28N6. The van der Waals surface area contributed by atoms with Crippen LogP contribution in [0.5, 0.6) is 0 Å². The van der Waals surface area contributed by atoms with E-state index < -0.39 is 0 Å². The normalized spacial score (nSPS) is 22.5. The Labute approximate surface area is 149 Å². The molecule has 0 saturated carbocycles. The molecule has 2 aliphatic heterocycles. The fraction of sp³-hybridized carbons (Fsp3) is 0.632. The van der Waals surface area contributed by atoms with E-state index in [2.05, 4.69) is 42.7 Å². The van der Waals surface area contributed by atoms with Crippen molar-refractivity contribution in [3.05, 3.63) is 41.7 Å². The van der Waals surface area contributed by atoms with Gasteiger partial charge in [-0.2, -0.15) is 0 Å². The molecule has 2 aromatic rings. The zero-order valence-corrected chi connectivity index (χ0v) is 15.1. The summed E-state index contributed by atoms with van der Waals surface area (Å²) in [6, 6.07) is 4.18. The average Bonchev–Trinajstić information content (AvgIpc) is 3.27. The van der Waals surface area contributed by atoms with Gasteiger partial charge in [-0.05, 0) is 56.9 Å². The molecule has 0 radical (unpaired) electrons. The second-order valence-corrected chi connectivity index (χ2v) is 7.45. The van der Waals surface area contributed by atoms with Crippen molar-refractivity contribution in [1.29, 1.82) is 0 Å². The quantitative estimate of drug-likeness (QED) is 0.835. The third-order valence-corrected chi connectivity index (χ3v) is 5.56. The van der Waals surface area contributed by atoms with E-state index in [9.17, 15) is 0 Å². The minimum atomic E-state index is 0.482. The molecule has 6 heteroatoms. The van der Waals surface area contributed by atoms with Crippen molar-refractivity contribution in [2.75, 3.05) is 26.2 Å². The summed E-state index contributed by atoms with van der Waals surface area (Å²) >= 11 is 0. The molecule has 25 heavy (non-hydrogen) atoms. The van der Waals surface area contributed by atoms with Crippen LogP contribution in [0.25, 0.3) is 0 Å².